The summed E-state index contributed by atoms with van der Waals surface area (Å²) >= 11 is 1.74. The van der Waals surface area contributed by atoms with Gasteiger partial charge < -0.3 is 19.3 Å². The lowest BCUT2D eigenvalue weighted by atomic mass is 9.93. The van der Waals surface area contributed by atoms with Gasteiger partial charge in [0.2, 0.25) is 5.91 Å². The number of aromatic nitrogens is 1. The van der Waals surface area contributed by atoms with Crippen molar-refractivity contribution in [3.8, 4) is 11.5 Å². The lowest BCUT2D eigenvalue weighted by Gasteiger charge is -2.36. The number of methoxy groups -OCH3 is 2. The number of amides is 1. The zero-order valence-electron chi connectivity index (χ0n) is 18.0. The van der Waals surface area contributed by atoms with Crippen LogP contribution in [-0.4, -0.2) is 49.6 Å². The van der Waals surface area contributed by atoms with Crippen LogP contribution >= 0.6 is 11.3 Å². The number of fused-ring (bicyclic) bond motifs is 2. The molecule has 0 unspecified atom stereocenters. The molecule has 2 aliphatic heterocycles. The fraction of sp³-hybridized carbons (Fsp3) is 0.417. The summed E-state index contributed by atoms with van der Waals surface area (Å²) in [5, 5.41) is 1.07. The first kappa shape index (κ1) is 20.1. The molecule has 1 fully saturated rings. The lowest BCUT2D eigenvalue weighted by Crippen LogP contribution is -2.44. The van der Waals surface area contributed by atoms with Crippen molar-refractivity contribution < 1.29 is 14.3 Å². The van der Waals surface area contributed by atoms with E-state index in [0.29, 0.717) is 6.54 Å². The summed E-state index contributed by atoms with van der Waals surface area (Å²) in [6.07, 6.45) is 2.61. The summed E-state index contributed by atoms with van der Waals surface area (Å²) in [5.74, 6) is 1.85. The van der Waals surface area contributed by atoms with E-state index in [0.717, 1.165) is 66.6 Å². The van der Waals surface area contributed by atoms with Crippen molar-refractivity contribution >= 4 is 32.6 Å². The zero-order chi connectivity index (χ0) is 21.4. The highest BCUT2D eigenvalue weighted by Gasteiger charge is 2.31. The number of thiazole rings is 1. The Morgan fingerprint density at radius 1 is 1.03 bits per heavy atom. The largest absolute Gasteiger partial charge is 0.493 e. The van der Waals surface area contributed by atoms with Gasteiger partial charge in [-0.1, -0.05) is 23.5 Å². The monoisotopic (exact) mass is 437 g/mol. The first-order valence-electron chi connectivity index (χ1n) is 10.8. The number of para-hydroxylation sites is 1. The normalized spacial score (nSPS) is 17.0. The number of piperidine rings is 1. The Hall–Kier alpha value is -2.80. The van der Waals surface area contributed by atoms with Crippen LogP contribution in [0.15, 0.2) is 36.4 Å². The molecule has 1 amide bonds. The maximum Gasteiger partial charge on any atom is 0.226 e. The van der Waals surface area contributed by atoms with E-state index in [4.69, 9.17) is 14.5 Å². The standard InChI is InChI=1S/C24H27N3O3S/c1-29-20-13-17-9-12-27(15-18(17)14-21(20)30-2)23(28)16-7-10-26(11-8-16)24-25-19-5-3-4-6-22(19)31-24/h3-6,13-14,16H,7-12,15H2,1-2H3. The Bertz CT molecular complexity index is 1070. The summed E-state index contributed by atoms with van der Waals surface area (Å²) in [6.45, 7) is 3.17. The van der Waals surface area contributed by atoms with Crippen molar-refractivity contribution in [2.75, 3.05) is 38.8 Å². The van der Waals surface area contributed by atoms with E-state index in [-0.39, 0.29) is 11.8 Å². The highest BCUT2D eigenvalue weighted by atomic mass is 32.1. The highest BCUT2D eigenvalue weighted by molar-refractivity contribution is 7.22. The molecule has 0 radical (unpaired) electrons. The number of hydrogen-bond donors (Lipinski definition) is 0. The molecule has 7 heteroatoms. The van der Waals surface area contributed by atoms with Gasteiger partial charge in [-0.15, -0.1) is 0 Å². The minimum Gasteiger partial charge on any atom is -0.493 e. The molecule has 3 aromatic rings. The van der Waals surface area contributed by atoms with Gasteiger partial charge in [0.25, 0.3) is 0 Å². The quantitative estimate of drug-likeness (QED) is 0.615. The van der Waals surface area contributed by atoms with Gasteiger partial charge in [0.15, 0.2) is 16.6 Å². The zero-order valence-corrected chi connectivity index (χ0v) is 18.8. The fourth-order valence-corrected chi connectivity index (χ4v) is 5.66. The van der Waals surface area contributed by atoms with Gasteiger partial charge in [-0.25, -0.2) is 4.98 Å². The van der Waals surface area contributed by atoms with Gasteiger partial charge in [0, 0.05) is 32.1 Å². The molecule has 2 aliphatic rings. The van der Waals surface area contributed by atoms with Crippen molar-refractivity contribution in [1.82, 2.24) is 9.88 Å². The highest BCUT2D eigenvalue weighted by Crippen LogP contribution is 2.35. The van der Waals surface area contributed by atoms with Crippen molar-refractivity contribution in [3.05, 3.63) is 47.5 Å². The van der Waals surface area contributed by atoms with Gasteiger partial charge in [-0.2, -0.15) is 0 Å². The first-order chi connectivity index (χ1) is 15.2. The van der Waals surface area contributed by atoms with Gasteiger partial charge >= 0.3 is 0 Å². The molecule has 162 valence electrons. The molecule has 1 saturated heterocycles. The number of anilines is 1. The number of rotatable bonds is 4. The molecule has 2 aromatic carbocycles. The molecule has 5 rings (SSSR count). The third kappa shape index (κ3) is 3.82. The Morgan fingerprint density at radius 3 is 2.45 bits per heavy atom. The van der Waals surface area contributed by atoms with Crippen LogP contribution in [0.5, 0.6) is 11.5 Å². The maximum absolute atomic E-state index is 13.3. The predicted octanol–water partition coefficient (Wildman–Crippen LogP) is 4.11. The van der Waals surface area contributed by atoms with E-state index in [1.807, 2.05) is 23.1 Å². The van der Waals surface area contributed by atoms with E-state index in [1.165, 1.54) is 10.3 Å². The van der Waals surface area contributed by atoms with Gasteiger partial charge in [-0.3, -0.25) is 4.79 Å². The van der Waals surface area contributed by atoms with Crippen molar-refractivity contribution in [2.24, 2.45) is 5.92 Å². The summed E-state index contributed by atoms with van der Waals surface area (Å²) in [5.41, 5.74) is 3.45. The van der Waals surface area contributed by atoms with Crippen LogP contribution in [0.4, 0.5) is 5.13 Å². The third-order valence-corrected chi connectivity index (χ3v) is 7.52. The second-order valence-electron chi connectivity index (χ2n) is 8.21. The number of carbonyl (C=O) groups is 1. The topological polar surface area (TPSA) is 54.9 Å². The molecular weight excluding hydrogens is 410 g/mol. The molecule has 1 aromatic heterocycles. The van der Waals surface area contributed by atoms with Crippen molar-refractivity contribution in [2.45, 2.75) is 25.8 Å². The van der Waals surface area contributed by atoms with Gasteiger partial charge in [-0.05, 0) is 54.7 Å². The molecule has 0 aliphatic carbocycles. The van der Waals surface area contributed by atoms with E-state index in [1.54, 1.807) is 25.6 Å². The molecule has 6 nitrogen and oxygen atoms in total. The minimum atomic E-state index is 0.0901. The smallest absolute Gasteiger partial charge is 0.226 e. The Morgan fingerprint density at radius 2 is 1.74 bits per heavy atom. The molecule has 3 heterocycles. The summed E-state index contributed by atoms with van der Waals surface area (Å²) in [6, 6.07) is 12.3. The molecule has 31 heavy (non-hydrogen) atoms. The molecule has 0 N–H and O–H groups in total. The Labute approximate surface area is 186 Å². The second-order valence-corrected chi connectivity index (χ2v) is 9.22. The van der Waals surface area contributed by atoms with Crippen LogP contribution < -0.4 is 14.4 Å². The van der Waals surface area contributed by atoms with E-state index in [9.17, 15) is 4.79 Å². The predicted molar refractivity (Wildman–Crippen MR) is 123 cm³/mol. The second kappa shape index (κ2) is 8.38. The minimum absolute atomic E-state index is 0.0901. The fourth-order valence-electron chi connectivity index (χ4n) is 4.64. The molecule has 0 spiro atoms. The summed E-state index contributed by atoms with van der Waals surface area (Å²) in [4.78, 5) is 22.4. The van der Waals surface area contributed by atoms with Crippen LogP contribution in [-0.2, 0) is 17.8 Å². The third-order valence-electron chi connectivity index (χ3n) is 6.43. The molecule has 0 bridgehead atoms. The number of nitrogens with zero attached hydrogens (tertiary/aromatic N) is 3. The number of ether oxygens (including phenoxy) is 2. The lowest BCUT2D eigenvalue weighted by molar-refractivity contribution is -0.137. The number of carbonyl (C=O) groups excluding carboxylic acids is 1. The average Bonchev–Trinajstić information content (AvgIpc) is 3.26. The van der Waals surface area contributed by atoms with E-state index in [2.05, 4.69) is 23.1 Å². The Balaban J connectivity index is 1.24. The van der Waals surface area contributed by atoms with Crippen LogP contribution in [0.25, 0.3) is 10.2 Å². The summed E-state index contributed by atoms with van der Waals surface area (Å²) in [7, 11) is 3.30. The first-order valence-corrected chi connectivity index (χ1v) is 11.6. The molecular formula is C24H27N3O3S. The van der Waals surface area contributed by atoms with E-state index < -0.39 is 0 Å². The maximum atomic E-state index is 13.3. The number of benzene rings is 2. The molecule has 0 saturated carbocycles. The van der Waals surface area contributed by atoms with Crippen LogP contribution in [0.3, 0.4) is 0 Å². The van der Waals surface area contributed by atoms with Crippen molar-refractivity contribution in [1.29, 1.82) is 0 Å². The summed E-state index contributed by atoms with van der Waals surface area (Å²) < 4.78 is 12.1. The van der Waals surface area contributed by atoms with Crippen molar-refractivity contribution in [3.63, 3.8) is 0 Å². The number of hydrogen-bond acceptors (Lipinski definition) is 6. The van der Waals surface area contributed by atoms with Gasteiger partial charge in [0.05, 0.1) is 24.4 Å². The molecule has 0 atom stereocenters. The van der Waals surface area contributed by atoms with Crippen LogP contribution in [0.1, 0.15) is 24.0 Å². The SMILES string of the molecule is COc1cc2c(cc1OC)CN(C(=O)C1CCN(c3nc4ccccc4s3)CC1)CC2. The van der Waals surface area contributed by atoms with Gasteiger partial charge in [0.1, 0.15) is 0 Å². The van der Waals surface area contributed by atoms with Crippen LogP contribution in [0, 0.1) is 5.92 Å². The Kier molecular flexibility index (Phi) is 5.44. The van der Waals surface area contributed by atoms with E-state index >= 15 is 0 Å². The van der Waals surface area contributed by atoms with Crippen LogP contribution in [0.2, 0.25) is 0 Å². The average molecular weight is 438 g/mol.